The predicted molar refractivity (Wildman–Crippen MR) is 138 cm³/mol. The molecule has 1 fully saturated rings. The number of carbonyl (C=O) groups excluding carboxylic acids is 1. The second-order valence-corrected chi connectivity index (χ2v) is 10.6. The summed E-state index contributed by atoms with van der Waals surface area (Å²) in [6.07, 6.45) is 12.5. The Bertz CT molecular complexity index is 1140. The maximum Gasteiger partial charge on any atom is 0.224 e. The number of piperidine rings is 1. The van der Waals surface area contributed by atoms with E-state index in [0.717, 1.165) is 51.6 Å². The zero-order valence-electron chi connectivity index (χ0n) is 20.8. The van der Waals surface area contributed by atoms with Gasteiger partial charge < -0.3 is 14.8 Å². The number of likely N-dealkylation sites (tertiary alicyclic amines) is 1. The highest BCUT2D eigenvalue weighted by molar-refractivity contribution is 5.89. The lowest BCUT2D eigenvalue weighted by Gasteiger charge is -2.45. The van der Waals surface area contributed by atoms with Crippen molar-refractivity contribution >= 4 is 16.8 Å². The molecule has 3 heterocycles. The molecule has 3 aromatic rings. The van der Waals surface area contributed by atoms with Crippen LogP contribution in [0.1, 0.15) is 68.2 Å². The number of benzene rings is 1. The molecule has 5 nitrogen and oxygen atoms in total. The van der Waals surface area contributed by atoms with Gasteiger partial charge in [0, 0.05) is 60.6 Å². The standard InChI is InChI=1S/C29H38N4O/c1-20(2)33-19-22-16-27-25(24-11-7-12-26(33)28(22)24)15-23(18-32(27)3)29(34)31-14-6-4-5-9-21-10-8-13-30-17-21/h7-8,10-13,17,19-20,23,25,27H,4-6,9,14-16,18H2,1-3H3,(H,31,34)/t23-,25?,27-/m1/s1. The van der Waals surface area contributed by atoms with Crippen LogP contribution in [0.5, 0.6) is 0 Å². The first-order valence-corrected chi connectivity index (χ1v) is 13.0. The van der Waals surface area contributed by atoms with Crippen molar-refractivity contribution in [3.63, 3.8) is 0 Å². The third kappa shape index (κ3) is 4.50. The summed E-state index contributed by atoms with van der Waals surface area (Å²) in [5.41, 5.74) is 5.56. The number of nitrogens with zero attached hydrogens (tertiary/aromatic N) is 3. The van der Waals surface area contributed by atoms with E-state index in [1.54, 1.807) is 0 Å². The summed E-state index contributed by atoms with van der Waals surface area (Å²) in [6, 6.07) is 11.8. The molecular weight excluding hydrogens is 420 g/mol. The molecule has 5 heteroatoms. The summed E-state index contributed by atoms with van der Waals surface area (Å²) in [5.74, 6) is 0.717. The minimum absolute atomic E-state index is 0.0608. The van der Waals surface area contributed by atoms with Crippen molar-refractivity contribution in [3.8, 4) is 0 Å². The molecule has 1 saturated heterocycles. The van der Waals surface area contributed by atoms with Gasteiger partial charge in [-0.15, -0.1) is 0 Å². The maximum absolute atomic E-state index is 13.1. The van der Waals surface area contributed by atoms with Gasteiger partial charge in [-0.2, -0.15) is 0 Å². The van der Waals surface area contributed by atoms with Crippen molar-refractivity contribution in [2.24, 2.45) is 5.92 Å². The average Bonchev–Trinajstić information content (AvgIpc) is 3.22. The van der Waals surface area contributed by atoms with Crippen LogP contribution in [0, 0.1) is 5.92 Å². The number of pyridine rings is 1. The lowest BCUT2D eigenvalue weighted by molar-refractivity contribution is -0.127. The summed E-state index contributed by atoms with van der Waals surface area (Å²) in [5, 5.41) is 4.69. The van der Waals surface area contributed by atoms with Crippen molar-refractivity contribution in [2.45, 2.75) is 70.4 Å². The molecular formula is C29H38N4O. The highest BCUT2D eigenvalue weighted by atomic mass is 16.1. The topological polar surface area (TPSA) is 50.2 Å². The van der Waals surface area contributed by atoms with Crippen molar-refractivity contribution in [2.75, 3.05) is 20.1 Å². The van der Waals surface area contributed by atoms with Crippen LogP contribution in [-0.4, -0.2) is 46.5 Å². The highest BCUT2D eigenvalue weighted by Gasteiger charge is 2.41. The number of likely N-dealkylation sites (N-methyl/N-ethyl adjacent to an activating group) is 1. The third-order valence-electron chi connectivity index (χ3n) is 7.97. The summed E-state index contributed by atoms with van der Waals surface area (Å²) < 4.78 is 2.42. The number of nitrogens with one attached hydrogen (secondary N) is 1. The van der Waals surface area contributed by atoms with Crippen LogP contribution in [0.2, 0.25) is 0 Å². The van der Waals surface area contributed by atoms with Gasteiger partial charge >= 0.3 is 0 Å². The van der Waals surface area contributed by atoms with E-state index in [2.05, 4.69) is 71.1 Å². The molecule has 2 aliphatic rings. The van der Waals surface area contributed by atoms with E-state index in [1.165, 1.54) is 27.6 Å². The molecule has 0 radical (unpaired) electrons. The summed E-state index contributed by atoms with van der Waals surface area (Å²) >= 11 is 0. The van der Waals surface area contributed by atoms with Crippen molar-refractivity contribution < 1.29 is 4.79 Å². The van der Waals surface area contributed by atoms with Crippen LogP contribution in [-0.2, 0) is 17.6 Å². The molecule has 1 unspecified atom stereocenters. The quantitative estimate of drug-likeness (QED) is 0.478. The largest absolute Gasteiger partial charge is 0.356 e. The zero-order chi connectivity index (χ0) is 23.7. The number of rotatable bonds is 8. The molecule has 0 bridgehead atoms. The second-order valence-electron chi connectivity index (χ2n) is 10.6. The zero-order valence-corrected chi connectivity index (χ0v) is 20.8. The van der Waals surface area contributed by atoms with Gasteiger partial charge in [0.1, 0.15) is 0 Å². The Morgan fingerprint density at radius 1 is 1.18 bits per heavy atom. The molecule has 3 atom stereocenters. The van der Waals surface area contributed by atoms with Gasteiger partial charge in [-0.05, 0) is 81.8 Å². The van der Waals surface area contributed by atoms with Gasteiger partial charge in [0.2, 0.25) is 5.91 Å². The van der Waals surface area contributed by atoms with E-state index < -0.39 is 0 Å². The Kier molecular flexibility index (Phi) is 6.73. The summed E-state index contributed by atoms with van der Waals surface area (Å²) in [4.78, 5) is 19.7. The van der Waals surface area contributed by atoms with Gasteiger partial charge in [-0.25, -0.2) is 0 Å². The maximum atomic E-state index is 13.1. The minimum Gasteiger partial charge on any atom is -0.356 e. The summed E-state index contributed by atoms with van der Waals surface area (Å²) in [6.45, 7) is 6.14. The Labute approximate surface area is 203 Å². The van der Waals surface area contributed by atoms with E-state index in [9.17, 15) is 4.79 Å². The van der Waals surface area contributed by atoms with Gasteiger partial charge in [-0.3, -0.25) is 9.78 Å². The first-order valence-electron chi connectivity index (χ1n) is 13.0. The van der Waals surface area contributed by atoms with Crippen LogP contribution in [0.4, 0.5) is 0 Å². The van der Waals surface area contributed by atoms with E-state index in [1.807, 2.05) is 18.5 Å². The smallest absolute Gasteiger partial charge is 0.224 e. The first-order chi connectivity index (χ1) is 16.5. The Balaban J connectivity index is 1.19. The number of fused-ring (bicyclic) bond motifs is 2. The number of aromatic nitrogens is 2. The second kappa shape index (κ2) is 9.91. The molecule has 1 aliphatic carbocycles. The van der Waals surface area contributed by atoms with Gasteiger partial charge in [-0.1, -0.05) is 24.6 Å². The first kappa shape index (κ1) is 23.1. The molecule has 34 heavy (non-hydrogen) atoms. The number of unbranched alkanes of at least 4 members (excludes halogenated alkanes) is 2. The SMILES string of the molecule is CC(C)n1cc2c3c(cccc31)C1C[C@@H](C(=O)NCCCCCc3cccnc3)CN(C)[C@@H]1C2. The number of carbonyl (C=O) groups is 1. The van der Waals surface area contributed by atoms with Crippen LogP contribution in [0.15, 0.2) is 48.9 Å². The molecule has 0 spiro atoms. The molecule has 0 saturated carbocycles. The van der Waals surface area contributed by atoms with E-state index >= 15 is 0 Å². The molecule has 1 N–H and O–H groups in total. The third-order valence-corrected chi connectivity index (χ3v) is 7.97. The van der Waals surface area contributed by atoms with Crippen molar-refractivity contribution in [1.82, 2.24) is 19.8 Å². The van der Waals surface area contributed by atoms with Gasteiger partial charge in [0.15, 0.2) is 0 Å². The fourth-order valence-electron chi connectivity index (χ4n) is 6.22. The van der Waals surface area contributed by atoms with E-state index in [4.69, 9.17) is 0 Å². The van der Waals surface area contributed by atoms with E-state index in [0.29, 0.717) is 18.0 Å². The van der Waals surface area contributed by atoms with E-state index in [-0.39, 0.29) is 11.8 Å². The fraction of sp³-hybridized carbons (Fsp3) is 0.517. The van der Waals surface area contributed by atoms with Crippen molar-refractivity contribution in [1.29, 1.82) is 0 Å². The van der Waals surface area contributed by atoms with Crippen LogP contribution in [0.25, 0.3) is 10.9 Å². The monoisotopic (exact) mass is 458 g/mol. The number of hydrogen-bond donors (Lipinski definition) is 1. The minimum atomic E-state index is 0.0608. The fourth-order valence-corrected chi connectivity index (χ4v) is 6.22. The highest BCUT2D eigenvalue weighted by Crippen LogP contribution is 2.45. The Morgan fingerprint density at radius 2 is 2.06 bits per heavy atom. The van der Waals surface area contributed by atoms with Crippen molar-refractivity contribution in [3.05, 3.63) is 65.6 Å². The lowest BCUT2D eigenvalue weighted by Crippen LogP contribution is -2.51. The molecule has 1 amide bonds. The molecule has 180 valence electrons. The normalized spacial score (nSPS) is 22.2. The predicted octanol–water partition coefficient (Wildman–Crippen LogP) is 5.11. The number of amides is 1. The van der Waals surface area contributed by atoms with Crippen LogP contribution >= 0.6 is 0 Å². The number of hydrogen-bond acceptors (Lipinski definition) is 3. The van der Waals surface area contributed by atoms with Crippen LogP contribution < -0.4 is 5.32 Å². The molecule has 2 aromatic heterocycles. The molecule has 1 aliphatic heterocycles. The lowest BCUT2D eigenvalue weighted by atomic mass is 9.72. The summed E-state index contributed by atoms with van der Waals surface area (Å²) in [7, 11) is 2.21. The van der Waals surface area contributed by atoms with Crippen LogP contribution in [0.3, 0.4) is 0 Å². The molecule has 1 aromatic carbocycles. The number of aryl methyl sites for hydroxylation is 1. The Hall–Kier alpha value is -2.66. The van der Waals surface area contributed by atoms with Gasteiger partial charge in [0.05, 0.1) is 5.92 Å². The molecule has 5 rings (SSSR count). The Morgan fingerprint density at radius 3 is 2.85 bits per heavy atom. The average molecular weight is 459 g/mol. The van der Waals surface area contributed by atoms with Gasteiger partial charge in [0.25, 0.3) is 0 Å².